The van der Waals surface area contributed by atoms with Crippen LogP contribution in [0.4, 0.5) is 15.8 Å². The van der Waals surface area contributed by atoms with E-state index in [9.17, 15) is 9.18 Å². The molecule has 0 radical (unpaired) electrons. The lowest BCUT2D eigenvalue weighted by atomic mass is 10.0. The molecule has 1 aliphatic rings. The van der Waals surface area contributed by atoms with E-state index >= 15 is 0 Å². The summed E-state index contributed by atoms with van der Waals surface area (Å²) in [7, 11) is 0. The first-order valence-electron chi connectivity index (χ1n) is 13.1. The van der Waals surface area contributed by atoms with Crippen molar-refractivity contribution in [3.63, 3.8) is 0 Å². The van der Waals surface area contributed by atoms with Crippen molar-refractivity contribution in [3.05, 3.63) is 139 Å². The SMILES string of the molecule is O=C(COc1ccccc1)Nc1ccc(N2C(=S)N[C@H](c3ccccn3)[C@H]2c2cccn2-c2ccccc2F)cc1. The number of amides is 1. The number of carbonyl (C=O) groups is 1. The van der Waals surface area contributed by atoms with Crippen molar-refractivity contribution in [1.29, 1.82) is 0 Å². The number of aromatic nitrogens is 2. The largest absolute Gasteiger partial charge is 0.484 e. The predicted molar refractivity (Wildman–Crippen MR) is 161 cm³/mol. The summed E-state index contributed by atoms with van der Waals surface area (Å²) >= 11 is 5.84. The molecule has 1 amide bonds. The van der Waals surface area contributed by atoms with E-state index in [1.54, 1.807) is 30.5 Å². The summed E-state index contributed by atoms with van der Waals surface area (Å²) in [6.07, 6.45) is 3.59. The zero-order valence-electron chi connectivity index (χ0n) is 21.9. The van der Waals surface area contributed by atoms with Gasteiger partial charge in [0.1, 0.15) is 17.6 Å². The molecule has 3 heterocycles. The summed E-state index contributed by atoms with van der Waals surface area (Å²) in [6, 6.07) is 32.3. The monoisotopic (exact) mass is 563 g/mol. The molecule has 2 atom stereocenters. The molecule has 6 rings (SSSR count). The standard InChI is InChI=1S/C32H26FN5O2S/c33-25-11-4-5-13-27(25)37-20-8-14-28(37)31-30(26-12-6-7-19-34-26)36-32(41)38(31)23-17-15-22(16-18-23)35-29(39)21-40-24-9-2-1-3-10-24/h1-20,30-31H,21H2,(H,35,39)(H,36,41)/t30-,31-/m1/s1. The Bertz CT molecular complexity index is 1660. The van der Waals surface area contributed by atoms with Gasteiger partial charge in [-0.3, -0.25) is 9.78 Å². The molecule has 204 valence electrons. The van der Waals surface area contributed by atoms with E-state index in [2.05, 4.69) is 15.6 Å². The zero-order valence-corrected chi connectivity index (χ0v) is 22.7. The molecular weight excluding hydrogens is 537 g/mol. The van der Waals surface area contributed by atoms with Crippen LogP contribution in [0.15, 0.2) is 122 Å². The molecule has 1 saturated heterocycles. The molecule has 0 unspecified atom stereocenters. The Morgan fingerprint density at radius 2 is 1.68 bits per heavy atom. The molecule has 5 aromatic rings. The molecule has 0 aliphatic carbocycles. The van der Waals surface area contributed by atoms with E-state index in [1.165, 1.54) is 6.07 Å². The van der Waals surface area contributed by atoms with E-state index < -0.39 is 0 Å². The summed E-state index contributed by atoms with van der Waals surface area (Å²) in [5.41, 5.74) is 3.53. The first-order valence-corrected chi connectivity index (χ1v) is 13.5. The van der Waals surface area contributed by atoms with Crippen LogP contribution in [0, 0.1) is 5.82 Å². The number of hydrogen-bond acceptors (Lipinski definition) is 4. The van der Waals surface area contributed by atoms with Gasteiger partial charge in [0, 0.05) is 29.5 Å². The van der Waals surface area contributed by atoms with Crippen LogP contribution in [-0.2, 0) is 4.79 Å². The van der Waals surface area contributed by atoms with Gasteiger partial charge in [0.25, 0.3) is 5.91 Å². The Hall–Kier alpha value is -5.02. The molecular formula is C32H26FN5O2S. The van der Waals surface area contributed by atoms with Gasteiger partial charge in [0.05, 0.1) is 17.4 Å². The van der Waals surface area contributed by atoms with Crippen molar-refractivity contribution >= 4 is 34.6 Å². The van der Waals surface area contributed by atoms with E-state index in [0.717, 1.165) is 17.1 Å². The lowest BCUT2D eigenvalue weighted by Crippen LogP contribution is -2.30. The normalized spacial score (nSPS) is 16.3. The van der Waals surface area contributed by atoms with Crippen molar-refractivity contribution in [1.82, 2.24) is 14.9 Å². The molecule has 9 heteroatoms. The molecule has 1 aliphatic heterocycles. The van der Waals surface area contributed by atoms with Gasteiger partial charge in [-0.2, -0.15) is 0 Å². The average Bonchev–Trinajstić information content (AvgIpc) is 3.62. The summed E-state index contributed by atoms with van der Waals surface area (Å²) < 4.78 is 22.3. The third-order valence-corrected chi connectivity index (χ3v) is 7.15. The molecule has 2 N–H and O–H groups in total. The fraction of sp³-hybridized carbons (Fsp3) is 0.0938. The first-order chi connectivity index (χ1) is 20.1. The maximum absolute atomic E-state index is 14.9. The van der Waals surface area contributed by atoms with Crippen LogP contribution in [0.3, 0.4) is 0 Å². The van der Waals surface area contributed by atoms with E-state index in [0.29, 0.717) is 22.2 Å². The van der Waals surface area contributed by atoms with Gasteiger partial charge < -0.3 is 24.8 Å². The smallest absolute Gasteiger partial charge is 0.262 e. The summed E-state index contributed by atoms with van der Waals surface area (Å²) in [4.78, 5) is 19.1. The third-order valence-electron chi connectivity index (χ3n) is 6.84. The number of anilines is 2. The zero-order chi connectivity index (χ0) is 28.2. The fourth-order valence-electron chi connectivity index (χ4n) is 5.00. The highest BCUT2D eigenvalue weighted by atomic mass is 32.1. The molecule has 0 bridgehead atoms. The molecule has 41 heavy (non-hydrogen) atoms. The topological polar surface area (TPSA) is 71.4 Å². The molecule has 7 nitrogen and oxygen atoms in total. The van der Waals surface area contributed by atoms with E-state index in [1.807, 2.05) is 94.5 Å². The van der Waals surface area contributed by atoms with Crippen molar-refractivity contribution in [2.45, 2.75) is 12.1 Å². The van der Waals surface area contributed by atoms with Gasteiger partial charge in [-0.25, -0.2) is 4.39 Å². The van der Waals surface area contributed by atoms with Gasteiger partial charge in [-0.15, -0.1) is 0 Å². The second-order valence-electron chi connectivity index (χ2n) is 9.45. The molecule has 0 saturated carbocycles. The Morgan fingerprint density at radius 3 is 2.44 bits per heavy atom. The van der Waals surface area contributed by atoms with Crippen LogP contribution < -0.4 is 20.3 Å². The van der Waals surface area contributed by atoms with Crippen LogP contribution in [0.5, 0.6) is 5.75 Å². The highest BCUT2D eigenvalue weighted by Gasteiger charge is 2.42. The number of pyridine rings is 1. The Labute approximate surface area is 242 Å². The van der Waals surface area contributed by atoms with E-state index in [-0.39, 0.29) is 30.4 Å². The number of nitrogens with zero attached hydrogens (tertiary/aromatic N) is 3. The minimum atomic E-state index is -0.341. The number of ether oxygens (including phenoxy) is 1. The summed E-state index contributed by atoms with van der Waals surface area (Å²) in [5.74, 6) is 0.0354. The summed E-state index contributed by atoms with van der Waals surface area (Å²) in [5, 5.41) is 6.81. The van der Waals surface area contributed by atoms with Crippen molar-refractivity contribution in [2.24, 2.45) is 0 Å². The van der Waals surface area contributed by atoms with E-state index in [4.69, 9.17) is 17.0 Å². The second-order valence-corrected chi connectivity index (χ2v) is 9.83. The number of thiocarbonyl (C=S) groups is 1. The fourth-order valence-corrected chi connectivity index (χ4v) is 5.35. The number of nitrogens with one attached hydrogen (secondary N) is 2. The minimum absolute atomic E-state index is 0.104. The predicted octanol–water partition coefficient (Wildman–Crippen LogP) is 6.21. The Morgan fingerprint density at radius 1 is 0.927 bits per heavy atom. The van der Waals surface area contributed by atoms with Crippen molar-refractivity contribution < 1.29 is 13.9 Å². The molecule has 0 spiro atoms. The minimum Gasteiger partial charge on any atom is -0.484 e. The van der Waals surface area contributed by atoms with Crippen LogP contribution in [0.1, 0.15) is 23.5 Å². The van der Waals surface area contributed by atoms with Gasteiger partial charge in [-0.05, 0) is 85.0 Å². The quantitative estimate of drug-likeness (QED) is 0.219. The van der Waals surface area contributed by atoms with Crippen LogP contribution in [-0.4, -0.2) is 27.2 Å². The third kappa shape index (κ3) is 5.53. The van der Waals surface area contributed by atoms with Gasteiger partial charge in [0.15, 0.2) is 11.7 Å². The van der Waals surface area contributed by atoms with Crippen molar-refractivity contribution in [3.8, 4) is 11.4 Å². The maximum atomic E-state index is 14.9. The highest BCUT2D eigenvalue weighted by Crippen LogP contribution is 2.42. The number of para-hydroxylation sites is 2. The lowest BCUT2D eigenvalue weighted by molar-refractivity contribution is -0.118. The molecule has 2 aromatic heterocycles. The maximum Gasteiger partial charge on any atom is 0.262 e. The number of rotatable bonds is 8. The average molecular weight is 564 g/mol. The van der Waals surface area contributed by atoms with Gasteiger partial charge in [0.2, 0.25) is 0 Å². The van der Waals surface area contributed by atoms with Crippen molar-refractivity contribution in [2.75, 3.05) is 16.8 Å². The number of benzene rings is 3. The van der Waals surface area contributed by atoms with Crippen LogP contribution in [0.25, 0.3) is 5.69 Å². The summed E-state index contributed by atoms with van der Waals surface area (Å²) in [6.45, 7) is -0.104. The number of halogens is 1. The lowest BCUT2D eigenvalue weighted by Gasteiger charge is -2.29. The first kappa shape index (κ1) is 26.2. The van der Waals surface area contributed by atoms with Gasteiger partial charge in [-0.1, -0.05) is 36.4 Å². The number of carbonyl (C=O) groups excluding carboxylic acids is 1. The second kappa shape index (κ2) is 11.6. The Balaban J connectivity index is 1.29. The molecule has 3 aromatic carbocycles. The highest BCUT2D eigenvalue weighted by molar-refractivity contribution is 7.80. The van der Waals surface area contributed by atoms with Crippen LogP contribution >= 0.6 is 12.2 Å². The Kier molecular flexibility index (Phi) is 7.42. The molecule has 1 fully saturated rings. The number of hydrogen-bond donors (Lipinski definition) is 2. The van der Waals surface area contributed by atoms with Gasteiger partial charge >= 0.3 is 0 Å². The van der Waals surface area contributed by atoms with Crippen LogP contribution in [0.2, 0.25) is 0 Å².